The Bertz CT molecular complexity index is 670. The second-order valence-electron chi connectivity index (χ2n) is 4.31. The van der Waals surface area contributed by atoms with Gasteiger partial charge in [-0.3, -0.25) is 4.79 Å². The lowest BCUT2D eigenvalue weighted by molar-refractivity contribution is -0.136. The maximum Gasteiger partial charge on any atom is 0.339 e. The topological polar surface area (TPSA) is 92.6 Å². The number of carboxylic acid groups (broad SMARTS) is 1. The minimum atomic E-state index is -0.886. The summed E-state index contributed by atoms with van der Waals surface area (Å²) < 4.78 is 5.03. The van der Waals surface area contributed by atoms with Gasteiger partial charge in [0.15, 0.2) is 0 Å². The molecule has 0 aliphatic carbocycles. The van der Waals surface area contributed by atoms with Crippen LogP contribution in [-0.2, 0) is 9.53 Å². The molecule has 0 unspecified atom stereocenters. The molecule has 0 bridgehead atoms. The van der Waals surface area contributed by atoms with Crippen LogP contribution in [0.5, 0.6) is 0 Å². The van der Waals surface area contributed by atoms with Crippen LogP contribution in [0.1, 0.15) is 23.7 Å². The average molecular weight is 309 g/mol. The van der Waals surface area contributed by atoms with Crippen molar-refractivity contribution >= 4 is 39.3 Å². The van der Waals surface area contributed by atoms with Gasteiger partial charge in [-0.2, -0.15) is 0 Å². The SMILES string of the molecule is CCOC(=O)c1csc2ncnc(N(C)CCC(=O)O)c12. The lowest BCUT2D eigenvalue weighted by Crippen LogP contribution is -2.22. The lowest BCUT2D eigenvalue weighted by Gasteiger charge is -2.18. The van der Waals surface area contributed by atoms with Gasteiger partial charge in [-0.1, -0.05) is 0 Å². The van der Waals surface area contributed by atoms with Crippen molar-refractivity contribution in [1.29, 1.82) is 0 Å². The van der Waals surface area contributed by atoms with E-state index in [9.17, 15) is 9.59 Å². The Morgan fingerprint density at radius 3 is 2.86 bits per heavy atom. The van der Waals surface area contributed by atoms with E-state index in [-0.39, 0.29) is 13.0 Å². The van der Waals surface area contributed by atoms with Crippen molar-refractivity contribution in [3.05, 3.63) is 17.3 Å². The number of esters is 1. The Morgan fingerprint density at radius 2 is 2.19 bits per heavy atom. The van der Waals surface area contributed by atoms with Crippen LogP contribution in [-0.4, -0.2) is 47.2 Å². The smallest absolute Gasteiger partial charge is 0.339 e. The number of carbonyl (C=O) groups is 2. The Balaban J connectivity index is 2.41. The predicted octanol–water partition coefficient (Wildman–Crippen LogP) is 1.78. The zero-order valence-electron chi connectivity index (χ0n) is 11.7. The summed E-state index contributed by atoms with van der Waals surface area (Å²) in [5.41, 5.74) is 0.412. The summed E-state index contributed by atoms with van der Waals surface area (Å²) in [5.74, 6) is -0.778. The van der Waals surface area contributed by atoms with Crippen molar-refractivity contribution < 1.29 is 19.4 Å². The quantitative estimate of drug-likeness (QED) is 0.813. The van der Waals surface area contributed by atoms with E-state index in [0.717, 1.165) is 0 Å². The van der Waals surface area contributed by atoms with Gasteiger partial charge in [-0.15, -0.1) is 11.3 Å². The molecule has 7 nitrogen and oxygen atoms in total. The molecule has 0 spiro atoms. The number of aromatic nitrogens is 2. The van der Waals surface area contributed by atoms with Gasteiger partial charge >= 0.3 is 11.9 Å². The van der Waals surface area contributed by atoms with Gasteiger partial charge in [0, 0.05) is 19.0 Å². The first kappa shape index (κ1) is 15.2. The van der Waals surface area contributed by atoms with E-state index in [2.05, 4.69) is 9.97 Å². The minimum Gasteiger partial charge on any atom is -0.481 e. The zero-order valence-corrected chi connectivity index (χ0v) is 12.5. The van der Waals surface area contributed by atoms with Crippen LogP contribution in [0.3, 0.4) is 0 Å². The summed E-state index contributed by atoms with van der Waals surface area (Å²) in [6, 6.07) is 0. The van der Waals surface area contributed by atoms with Crippen molar-refractivity contribution in [2.75, 3.05) is 25.1 Å². The molecule has 0 aliphatic heterocycles. The number of rotatable bonds is 6. The van der Waals surface area contributed by atoms with Crippen molar-refractivity contribution in [2.45, 2.75) is 13.3 Å². The molecule has 1 N–H and O–H groups in total. The van der Waals surface area contributed by atoms with Crippen molar-refractivity contribution in [3.63, 3.8) is 0 Å². The van der Waals surface area contributed by atoms with Gasteiger partial charge < -0.3 is 14.7 Å². The molecule has 0 amide bonds. The molecule has 0 saturated heterocycles. The Kier molecular flexibility index (Phi) is 4.69. The van der Waals surface area contributed by atoms with Crippen LogP contribution in [0.2, 0.25) is 0 Å². The number of hydrogen-bond donors (Lipinski definition) is 1. The van der Waals surface area contributed by atoms with Crippen LogP contribution in [0.25, 0.3) is 10.2 Å². The molecule has 21 heavy (non-hydrogen) atoms. The Morgan fingerprint density at radius 1 is 1.43 bits per heavy atom. The molecular formula is C13H15N3O4S. The number of carboxylic acids is 1. The van der Waals surface area contributed by atoms with Gasteiger partial charge in [0.05, 0.1) is 24.0 Å². The van der Waals surface area contributed by atoms with Gasteiger partial charge in [0.2, 0.25) is 0 Å². The van der Waals surface area contributed by atoms with E-state index in [0.29, 0.717) is 28.1 Å². The second kappa shape index (κ2) is 6.49. The van der Waals surface area contributed by atoms with Gasteiger partial charge in [-0.05, 0) is 6.92 Å². The highest BCUT2D eigenvalue weighted by Gasteiger charge is 2.20. The Hall–Kier alpha value is -2.22. The molecule has 0 aromatic carbocycles. The average Bonchev–Trinajstić information content (AvgIpc) is 2.88. The molecule has 0 atom stereocenters. The fourth-order valence-corrected chi connectivity index (χ4v) is 2.75. The van der Waals surface area contributed by atoms with Crippen LogP contribution >= 0.6 is 11.3 Å². The van der Waals surface area contributed by atoms with E-state index in [1.54, 1.807) is 24.3 Å². The first-order chi connectivity index (χ1) is 10.0. The van der Waals surface area contributed by atoms with Crippen molar-refractivity contribution in [1.82, 2.24) is 9.97 Å². The van der Waals surface area contributed by atoms with E-state index in [4.69, 9.17) is 9.84 Å². The molecule has 0 fully saturated rings. The first-order valence-corrected chi connectivity index (χ1v) is 7.24. The third kappa shape index (κ3) is 3.27. The number of nitrogens with zero attached hydrogens (tertiary/aromatic N) is 3. The number of carbonyl (C=O) groups excluding carboxylic acids is 1. The Labute approximate surface area is 125 Å². The van der Waals surface area contributed by atoms with Gasteiger partial charge in [-0.25, -0.2) is 14.8 Å². The highest BCUT2D eigenvalue weighted by atomic mass is 32.1. The monoisotopic (exact) mass is 309 g/mol. The number of fused-ring (bicyclic) bond motifs is 1. The molecule has 8 heteroatoms. The largest absolute Gasteiger partial charge is 0.481 e. The number of hydrogen-bond acceptors (Lipinski definition) is 7. The molecule has 112 valence electrons. The number of anilines is 1. The van der Waals surface area contributed by atoms with E-state index >= 15 is 0 Å². The maximum absolute atomic E-state index is 12.0. The van der Waals surface area contributed by atoms with Gasteiger partial charge in [0.25, 0.3) is 0 Å². The summed E-state index contributed by atoms with van der Waals surface area (Å²) in [7, 11) is 1.73. The standard InChI is InChI=1S/C13H15N3O4S/c1-3-20-13(19)8-6-21-12-10(8)11(14-7-15-12)16(2)5-4-9(17)18/h6-7H,3-5H2,1-2H3,(H,17,18). The van der Waals surface area contributed by atoms with Crippen molar-refractivity contribution in [3.8, 4) is 0 Å². The molecule has 2 aromatic rings. The number of ether oxygens (including phenoxy) is 1. The number of thiophene rings is 1. The first-order valence-electron chi connectivity index (χ1n) is 6.36. The molecule has 0 saturated carbocycles. The predicted molar refractivity (Wildman–Crippen MR) is 78.9 cm³/mol. The fraction of sp³-hybridized carbons (Fsp3) is 0.385. The highest BCUT2D eigenvalue weighted by molar-refractivity contribution is 7.17. The second-order valence-corrected chi connectivity index (χ2v) is 5.17. The molecule has 0 radical (unpaired) electrons. The summed E-state index contributed by atoms with van der Waals surface area (Å²) in [4.78, 5) is 33.3. The number of aliphatic carboxylic acids is 1. The lowest BCUT2D eigenvalue weighted by atomic mass is 10.2. The maximum atomic E-state index is 12.0. The normalized spacial score (nSPS) is 10.6. The molecular weight excluding hydrogens is 294 g/mol. The van der Waals surface area contributed by atoms with Crippen molar-refractivity contribution in [2.24, 2.45) is 0 Å². The van der Waals surface area contributed by atoms with E-state index < -0.39 is 11.9 Å². The molecule has 2 aromatic heterocycles. The molecule has 2 heterocycles. The van der Waals surface area contributed by atoms with Crippen LogP contribution < -0.4 is 4.90 Å². The third-order valence-corrected chi connectivity index (χ3v) is 3.75. The van der Waals surface area contributed by atoms with Crippen LogP contribution in [0.15, 0.2) is 11.7 Å². The van der Waals surface area contributed by atoms with E-state index in [1.165, 1.54) is 17.7 Å². The van der Waals surface area contributed by atoms with Crippen LogP contribution in [0.4, 0.5) is 5.82 Å². The van der Waals surface area contributed by atoms with Crippen LogP contribution in [0, 0.1) is 0 Å². The summed E-state index contributed by atoms with van der Waals surface area (Å²) in [6.45, 7) is 2.32. The highest BCUT2D eigenvalue weighted by Crippen LogP contribution is 2.31. The van der Waals surface area contributed by atoms with Gasteiger partial charge in [0.1, 0.15) is 17.0 Å². The fourth-order valence-electron chi connectivity index (χ4n) is 1.88. The molecule has 0 aliphatic rings. The minimum absolute atomic E-state index is 0.0130. The molecule has 2 rings (SSSR count). The summed E-state index contributed by atoms with van der Waals surface area (Å²) >= 11 is 1.33. The van der Waals surface area contributed by atoms with E-state index in [1.807, 2.05) is 0 Å². The summed E-state index contributed by atoms with van der Waals surface area (Å²) in [6.07, 6.45) is 1.39. The third-order valence-electron chi connectivity index (χ3n) is 2.87. The zero-order chi connectivity index (χ0) is 15.4. The summed E-state index contributed by atoms with van der Waals surface area (Å²) in [5, 5.41) is 11.1.